The number of hydrogen-bond acceptors (Lipinski definition) is 4. The first kappa shape index (κ1) is 17.2. The van der Waals surface area contributed by atoms with Gasteiger partial charge in [0, 0.05) is 29.6 Å². The summed E-state index contributed by atoms with van der Waals surface area (Å²) in [7, 11) is 0. The van der Waals surface area contributed by atoms with Crippen molar-refractivity contribution in [2.24, 2.45) is 5.92 Å². The zero-order valence-corrected chi connectivity index (χ0v) is 14.1. The second-order valence-electron chi connectivity index (χ2n) is 5.64. The number of ketones is 1. The SMILES string of the molecule is O=C(c1ccc(Cl)cc1)C1CCN(c2ncc(C(F)(F)F)s2)CC1. The van der Waals surface area contributed by atoms with Gasteiger partial charge in [0.05, 0.1) is 6.20 Å². The Hall–Kier alpha value is -1.60. The molecule has 0 spiro atoms. The molecule has 0 aliphatic carbocycles. The molecular weight excluding hydrogens is 361 g/mol. The van der Waals surface area contributed by atoms with Crippen molar-refractivity contribution in [1.82, 2.24) is 4.98 Å². The summed E-state index contributed by atoms with van der Waals surface area (Å²) >= 11 is 6.46. The number of carbonyl (C=O) groups excluding carboxylic acids is 1. The van der Waals surface area contributed by atoms with Crippen LogP contribution in [0.1, 0.15) is 28.1 Å². The van der Waals surface area contributed by atoms with Gasteiger partial charge in [0.15, 0.2) is 10.9 Å². The van der Waals surface area contributed by atoms with Crippen molar-refractivity contribution in [2.75, 3.05) is 18.0 Å². The van der Waals surface area contributed by atoms with Gasteiger partial charge >= 0.3 is 6.18 Å². The largest absolute Gasteiger partial charge is 0.427 e. The molecular formula is C16H14ClF3N2OS. The second kappa shape index (κ2) is 6.72. The predicted molar refractivity (Wildman–Crippen MR) is 87.8 cm³/mol. The Kier molecular flexibility index (Phi) is 4.83. The molecule has 0 atom stereocenters. The fraction of sp³-hybridized carbons (Fsp3) is 0.375. The molecule has 2 aromatic rings. The Morgan fingerprint density at radius 2 is 1.83 bits per heavy atom. The van der Waals surface area contributed by atoms with Crippen LogP contribution in [-0.4, -0.2) is 23.9 Å². The Bertz CT molecular complexity index is 722. The van der Waals surface area contributed by atoms with Crippen molar-refractivity contribution in [3.63, 3.8) is 0 Å². The number of thiazole rings is 1. The third-order valence-corrected chi connectivity index (χ3v) is 5.39. The highest BCUT2D eigenvalue weighted by atomic mass is 35.5. The number of carbonyl (C=O) groups is 1. The standard InChI is InChI=1S/C16H14ClF3N2OS/c17-12-3-1-10(2-4-12)14(23)11-5-7-22(8-6-11)15-21-9-13(24-15)16(18,19)20/h1-4,9,11H,5-8H2. The zero-order chi connectivity index (χ0) is 17.3. The van der Waals surface area contributed by atoms with E-state index < -0.39 is 11.1 Å². The van der Waals surface area contributed by atoms with Crippen LogP contribution in [0.3, 0.4) is 0 Å². The number of alkyl halides is 3. The number of piperidine rings is 1. The highest BCUT2D eigenvalue weighted by Gasteiger charge is 2.34. The topological polar surface area (TPSA) is 33.2 Å². The summed E-state index contributed by atoms with van der Waals surface area (Å²) in [5, 5.41) is 0.935. The summed E-state index contributed by atoms with van der Waals surface area (Å²) in [6.45, 7) is 1.05. The molecule has 0 unspecified atom stereocenters. The number of halogens is 4. The Labute approximate surface area is 146 Å². The summed E-state index contributed by atoms with van der Waals surface area (Å²) in [5.74, 6) is -0.0640. The van der Waals surface area contributed by atoms with E-state index >= 15 is 0 Å². The summed E-state index contributed by atoms with van der Waals surface area (Å²) in [6, 6.07) is 6.76. The lowest BCUT2D eigenvalue weighted by atomic mass is 9.89. The molecule has 3 nitrogen and oxygen atoms in total. The zero-order valence-electron chi connectivity index (χ0n) is 12.5. The molecule has 0 bridgehead atoms. The summed E-state index contributed by atoms with van der Waals surface area (Å²) in [5.41, 5.74) is 0.617. The van der Waals surface area contributed by atoms with Crippen LogP contribution >= 0.6 is 22.9 Å². The monoisotopic (exact) mass is 374 g/mol. The number of hydrogen-bond donors (Lipinski definition) is 0. The molecule has 8 heteroatoms. The number of benzene rings is 1. The highest BCUT2D eigenvalue weighted by molar-refractivity contribution is 7.15. The molecule has 24 heavy (non-hydrogen) atoms. The highest BCUT2D eigenvalue weighted by Crippen LogP contribution is 2.37. The van der Waals surface area contributed by atoms with E-state index in [1.165, 1.54) is 0 Å². The average Bonchev–Trinajstić information content (AvgIpc) is 3.05. The minimum absolute atomic E-state index is 0.0569. The number of nitrogens with zero attached hydrogens (tertiary/aromatic N) is 2. The van der Waals surface area contributed by atoms with Crippen molar-refractivity contribution in [3.05, 3.63) is 45.9 Å². The van der Waals surface area contributed by atoms with Gasteiger partial charge in [-0.2, -0.15) is 13.2 Å². The maximum absolute atomic E-state index is 12.7. The Balaban J connectivity index is 1.62. The van der Waals surface area contributed by atoms with E-state index in [1.54, 1.807) is 24.3 Å². The molecule has 1 saturated heterocycles. The van der Waals surface area contributed by atoms with Crippen LogP contribution in [0.5, 0.6) is 0 Å². The van der Waals surface area contributed by atoms with Gasteiger partial charge in [-0.25, -0.2) is 4.98 Å². The van der Waals surface area contributed by atoms with Crippen molar-refractivity contribution in [1.29, 1.82) is 0 Å². The third-order valence-electron chi connectivity index (χ3n) is 4.04. The van der Waals surface area contributed by atoms with E-state index in [9.17, 15) is 18.0 Å². The lowest BCUT2D eigenvalue weighted by molar-refractivity contribution is -0.134. The number of rotatable bonds is 3. The second-order valence-corrected chi connectivity index (χ2v) is 7.08. The van der Waals surface area contributed by atoms with Gasteiger partial charge in [-0.3, -0.25) is 4.79 Å². The first-order valence-corrected chi connectivity index (χ1v) is 8.62. The number of Topliss-reactive ketones (excluding diaryl/α,β-unsaturated/α-hetero) is 1. The minimum Gasteiger partial charge on any atom is -0.348 e. The van der Waals surface area contributed by atoms with Gasteiger partial charge in [0.2, 0.25) is 0 Å². The molecule has 1 aliphatic rings. The van der Waals surface area contributed by atoms with Crippen molar-refractivity contribution >= 4 is 33.9 Å². The Morgan fingerprint density at radius 1 is 1.21 bits per heavy atom. The maximum atomic E-state index is 12.7. The van der Waals surface area contributed by atoms with E-state index in [0.717, 1.165) is 6.20 Å². The lowest BCUT2D eigenvalue weighted by Crippen LogP contribution is -2.36. The minimum atomic E-state index is -4.36. The van der Waals surface area contributed by atoms with Crippen molar-refractivity contribution in [3.8, 4) is 0 Å². The van der Waals surface area contributed by atoms with Gasteiger partial charge in [0.25, 0.3) is 0 Å². The third kappa shape index (κ3) is 3.72. The smallest absolute Gasteiger partial charge is 0.348 e. The fourth-order valence-corrected chi connectivity index (χ4v) is 3.69. The lowest BCUT2D eigenvalue weighted by Gasteiger charge is -2.31. The quantitative estimate of drug-likeness (QED) is 0.715. The van der Waals surface area contributed by atoms with E-state index in [-0.39, 0.29) is 11.7 Å². The molecule has 0 amide bonds. The molecule has 1 aliphatic heterocycles. The molecule has 3 rings (SSSR count). The van der Waals surface area contributed by atoms with Gasteiger partial charge in [0.1, 0.15) is 4.88 Å². The van der Waals surface area contributed by atoms with Crippen LogP contribution < -0.4 is 4.90 Å². The van der Waals surface area contributed by atoms with Crippen LogP contribution in [0.25, 0.3) is 0 Å². The number of anilines is 1. The van der Waals surface area contributed by atoms with Crippen LogP contribution in [0, 0.1) is 5.92 Å². The molecule has 2 heterocycles. The fourth-order valence-electron chi connectivity index (χ4n) is 2.72. The van der Waals surface area contributed by atoms with Crippen LogP contribution in [-0.2, 0) is 6.18 Å². The molecule has 0 radical (unpaired) electrons. The van der Waals surface area contributed by atoms with E-state index in [4.69, 9.17) is 11.6 Å². The first-order valence-electron chi connectivity index (χ1n) is 7.42. The van der Waals surface area contributed by atoms with Crippen molar-refractivity contribution in [2.45, 2.75) is 19.0 Å². The van der Waals surface area contributed by atoms with E-state index in [0.29, 0.717) is 53.0 Å². The molecule has 1 fully saturated rings. The van der Waals surface area contributed by atoms with Gasteiger partial charge in [-0.05, 0) is 37.1 Å². The molecule has 1 aromatic carbocycles. The molecule has 128 valence electrons. The summed E-state index contributed by atoms with van der Waals surface area (Å²) in [4.78, 5) is 17.4. The van der Waals surface area contributed by atoms with Crippen LogP contribution in [0.2, 0.25) is 5.02 Å². The normalized spacial score (nSPS) is 16.4. The number of aromatic nitrogens is 1. The van der Waals surface area contributed by atoms with E-state index in [2.05, 4.69) is 4.98 Å². The predicted octanol–water partition coefficient (Wildman–Crippen LogP) is 4.91. The van der Waals surface area contributed by atoms with Crippen molar-refractivity contribution < 1.29 is 18.0 Å². The summed E-state index contributed by atoms with van der Waals surface area (Å²) < 4.78 is 38.0. The molecule has 1 aromatic heterocycles. The van der Waals surface area contributed by atoms with Crippen LogP contribution in [0.15, 0.2) is 30.5 Å². The van der Waals surface area contributed by atoms with Crippen LogP contribution in [0.4, 0.5) is 18.3 Å². The maximum Gasteiger partial charge on any atom is 0.427 e. The molecule has 0 N–H and O–H groups in total. The van der Waals surface area contributed by atoms with Gasteiger partial charge in [-0.15, -0.1) is 0 Å². The Morgan fingerprint density at radius 3 is 2.38 bits per heavy atom. The van der Waals surface area contributed by atoms with Gasteiger partial charge in [-0.1, -0.05) is 22.9 Å². The first-order chi connectivity index (χ1) is 11.3. The van der Waals surface area contributed by atoms with Gasteiger partial charge < -0.3 is 4.90 Å². The average molecular weight is 375 g/mol. The summed E-state index contributed by atoms with van der Waals surface area (Å²) in [6.07, 6.45) is -2.30. The molecule has 0 saturated carbocycles. The van der Waals surface area contributed by atoms with E-state index in [1.807, 2.05) is 4.90 Å².